The number of rotatable bonds is 6. The van der Waals surface area contributed by atoms with Gasteiger partial charge in [-0.05, 0) is 11.8 Å². The molecule has 0 heterocycles. The minimum absolute atomic E-state index is 0.0305. The summed E-state index contributed by atoms with van der Waals surface area (Å²) in [4.78, 5) is 22.1. The SMILES string of the molecule is COC(=O)CC(C)CC(=O)OCC(C)C. The molecule has 0 aliphatic carbocycles. The molecule has 0 rings (SSSR count). The molecule has 15 heavy (non-hydrogen) atoms. The van der Waals surface area contributed by atoms with Gasteiger partial charge in [-0.15, -0.1) is 0 Å². The molecule has 0 aliphatic heterocycles. The number of carbonyl (C=O) groups excluding carboxylic acids is 2. The van der Waals surface area contributed by atoms with Crippen LogP contribution in [0.2, 0.25) is 0 Å². The van der Waals surface area contributed by atoms with Crippen LogP contribution in [-0.2, 0) is 19.1 Å². The highest BCUT2D eigenvalue weighted by atomic mass is 16.5. The van der Waals surface area contributed by atoms with Gasteiger partial charge in [0.05, 0.1) is 13.7 Å². The highest BCUT2D eigenvalue weighted by Gasteiger charge is 2.14. The van der Waals surface area contributed by atoms with Crippen LogP contribution in [0, 0.1) is 11.8 Å². The second-order valence-electron chi connectivity index (χ2n) is 4.17. The number of carbonyl (C=O) groups is 2. The first-order valence-corrected chi connectivity index (χ1v) is 5.18. The van der Waals surface area contributed by atoms with Crippen molar-refractivity contribution in [2.75, 3.05) is 13.7 Å². The second-order valence-corrected chi connectivity index (χ2v) is 4.17. The number of methoxy groups -OCH3 is 1. The molecule has 0 fully saturated rings. The standard InChI is InChI=1S/C11H20O4/c1-8(2)7-15-11(13)6-9(3)5-10(12)14-4/h8-9H,5-7H2,1-4H3. The lowest BCUT2D eigenvalue weighted by Crippen LogP contribution is -2.15. The van der Waals surface area contributed by atoms with Crippen molar-refractivity contribution in [2.45, 2.75) is 33.6 Å². The minimum Gasteiger partial charge on any atom is -0.469 e. The highest BCUT2D eigenvalue weighted by Crippen LogP contribution is 2.09. The summed E-state index contributed by atoms with van der Waals surface area (Å²) in [6, 6.07) is 0. The summed E-state index contributed by atoms with van der Waals surface area (Å²) < 4.78 is 9.51. The van der Waals surface area contributed by atoms with Crippen LogP contribution >= 0.6 is 0 Å². The largest absolute Gasteiger partial charge is 0.469 e. The highest BCUT2D eigenvalue weighted by molar-refractivity contribution is 5.73. The average Bonchev–Trinajstić information content (AvgIpc) is 2.14. The molecule has 88 valence electrons. The van der Waals surface area contributed by atoms with E-state index >= 15 is 0 Å². The van der Waals surface area contributed by atoms with Gasteiger partial charge in [0.1, 0.15) is 0 Å². The van der Waals surface area contributed by atoms with Crippen LogP contribution in [0.5, 0.6) is 0 Å². The summed E-state index contributed by atoms with van der Waals surface area (Å²) >= 11 is 0. The van der Waals surface area contributed by atoms with Crippen LogP contribution < -0.4 is 0 Å². The van der Waals surface area contributed by atoms with Gasteiger partial charge in [0, 0.05) is 12.8 Å². The Morgan fingerprint density at radius 3 is 2.07 bits per heavy atom. The molecule has 0 amide bonds. The van der Waals surface area contributed by atoms with Gasteiger partial charge in [0.2, 0.25) is 0 Å². The Bertz CT molecular complexity index is 211. The first-order valence-electron chi connectivity index (χ1n) is 5.18. The van der Waals surface area contributed by atoms with E-state index in [9.17, 15) is 9.59 Å². The third-order valence-electron chi connectivity index (χ3n) is 1.84. The predicted molar refractivity (Wildman–Crippen MR) is 56.2 cm³/mol. The summed E-state index contributed by atoms with van der Waals surface area (Å²) in [6.07, 6.45) is 0.523. The fourth-order valence-corrected chi connectivity index (χ4v) is 1.04. The monoisotopic (exact) mass is 216 g/mol. The Morgan fingerprint density at radius 1 is 1.07 bits per heavy atom. The Labute approximate surface area is 90.9 Å². The van der Waals surface area contributed by atoms with Crippen LogP contribution in [0.3, 0.4) is 0 Å². The summed E-state index contributed by atoms with van der Waals surface area (Å²) in [5.74, 6) is -0.235. The van der Waals surface area contributed by atoms with Crippen molar-refractivity contribution in [1.29, 1.82) is 0 Å². The van der Waals surface area contributed by atoms with E-state index in [4.69, 9.17) is 4.74 Å². The molecule has 0 aromatic heterocycles. The molecule has 0 bridgehead atoms. The molecular weight excluding hydrogens is 196 g/mol. The average molecular weight is 216 g/mol. The van der Waals surface area contributed by atoms with Crippen LogP contribution in [0.15, 0.2) is 0 Å². The van der Waals surface area contributed by atoms with E-state index in [1.807, 2.05) is 20.8 Å². The quantitative estimate of drug-likeness (QED) is 0.635. The molecule has 0 N–H and O–H groups in total. The van der Waals surface area contributed by atoms with Gasteiger partial charge in [-0.1, -0.05) is 20.8 Å². The van der Waals surface area contributed by atoms with Crippen molar-refractivity contribution in [3.63, 3.8) is 0 Å². The first-order chi connectivity index (χ1) is 6.95. The zero-order valence-electron chi connectivity index (χ0n) is 9.91. The Hall–Kier alpha value is -1.06. The van der Waals surface area contributed by atoms with Gasteiger partial charge < -0.3 is 9.47 Å². The topological polar surface area (TPSA) is 52.6 Å². The van der Waals surface area contributed by atoms with Gasteiger partial charge >= 0.3 is 11.9 Å². The first kappa shape index (κ1) is 13.9. The maximum absolute atomic E-state index is 11.3. The van der Waals surface area contributed by atoms with Gasteiger partial charge in [-0.25, -0.2) is 0 Å². The van der Waals surface area contributed by atoms with E-state index in [0.717, 1.165) is 0 Å². The van der Waals surface area contributed by atoms with Crippen molar-refractivity contribution < 1.29 is 19.1 Å². The number of hydrogen-bond donors (Lipinski definition) is 0. The molecule has 1 unspecified atom stereocenters. The molecule has 0 aliphatic rings. The van der Waals surface area contributed by atoms with Crippen molar-refractivity contribution in [3.8, 4) is 0 Å². The lowest BCUT2D eigenvalue weighted by atomic mass is 10.0. The van der Waals surface area contributed by atoms with E-state index in [2.05, 4.69) is 4.74 Å². The van der Waals surface area contributed by atoms with E-state index in [1.165, 1.54) is 7.11 Å². The maximum Gasteiger partial charge on any atom is 0.306 e. The fourth-order valence-electron chi connectivity index (χ4n) is 1.04. The summed E-state index contributed by atoms with van der Waals surface area (Å²) in [6.45, 7) is 6.22. The Kier molecular flexibility index (Phi) is 6.75. The van der Waals surface area contributed by atoms with Gasteiger partial charge in [0.25, 0.3) is 0 Å². The Morgan fingerprint density at radius 2 is 1.60 bits per heavy atom. The molecule has 0 aromatic rings. The number of hydrogen-bond acceptors (Lipinski definition) is 4. The van der Waals surface area contributed by atoms with E-state index < -0.39 is 0 Å². The molecule has 4 heteroatoms. The summed E-state index contributed by atoms with van der Waals surface area (Å²) in [5, 5.41) is 0. The van der Waals surface area contributed by atoms with E-state index in [0.29, 0.717) is 12.5 Å². The van der Waals surface area contributed by atoms with Crippen LogP contribution in [0.1, 0.15) is 33.6 Å². The van der Waals surface area contributed by atoms with Gasteiger partial charge in [-0.2, -0.15) is 0 Å². The van der Waals surface area contributed by atoms with Gasteiger partial charge in [0.15, 0.2) is 0 Å². The number of esters is 2. The van der Waals surface area contributed by atoms with Crippen molar-refractivity contribution in [1.82, 2.24) is 0 Å². The Balaban J connectivity index is 3.71. The minimum atomic E-state index is -0.292. The van der Waals surface area contributed by atoms with Crippen LogP contribution in [0.4, 0.5) is 0 Å². The smallest absolute Gasteiger partial charge is 0.306 e. The van der Waals surface area contributed by atoms with Gasteiger partial charge in [-0.3, -0.25) is 9.59 Å². The van der Waals surface area contributed by atoms with Crippen molar-refractivity contribution >= 4 is 11.9 Å². The van der Waals surface area contributed by atoms with E-state index in [1.54, 1.807) is 0 Å². The summed E-state index contributed by atoms with van der Waals surface area (Å²) in [7, 11) is 1.34. The lowest BCUT2D eigenvalue weighted by molar-refractivity contribution is -0.146. The zero-order valence-corrected chi connectivity index (χ0v) is 9.91. The zero-order chi connectivity index (χ0) is 11.8. The van der Waals surface area contributed by atoms with Crippen LogP contribution in [0.25, 0.3) is 0 Å². The molecule has 0 saturated carbocycles. The lowest BCUT2D eigenvalue weighted by Gasteiger charge is -2.10. The van der Waals surface area contributed by atoms with Crippen LogP contribution in [-0.4, -0.2) is 25.7 Å². The second kappa shape index (κ2) is 7.26. The molecule has 0 spiro atoms. The summed E-state index contributed by atoms with van der Waals surface area (Å²) in [5.41, 5.74) is 0. The molecular formula is C11H20O4. The predicted octanol–water partition coefficient (Wildman–Crippen LogP) is 1.77. The number of ether oxygens (including phenoxy) is 2. The normalized spacial score (nSPS) is 12.3. The molecule has 4 nitrogen and oxygen atoms in total. The van der Waals surface area contributed by atoms with Crippen molar-refractivity contribution in [3.05, 3.63) is 0 Å². The van der Waals surface area contributed by atoms with E-state index in [-0.39, 0.29) is 30.7 Å². The maximum atomic E-state index is 11.3. The fraction of sp³-hybridized carbons (Fsp3) is 0.818. The molecule has 0 aromatic carbocycles. The molecule has 0 saturated heterocycles. The molecule has 1 atom stereocenters. The third kappa shape index (κ3) is 7.97. The van der Waals surface area contributed by atoms with Crippen molar-refractivity contribution in [2.24, 2.45) is 11.8 Å². The molecule has 0 radical (unpaired) electrons. The third-order valence-corrected chi connectivity index (χ3v) is 1.84.